The van der Waals surface area contributed by atoms with Crippen LogP contribution in [-0.4, -0.2) is 48.9 Å². The molecule has 0 unspecified atom stereocenters. The molecule has 0 saturated carbocycles. The number of Topliss-reactive ketones (excluding diaryl/α,β-unsaturated/α-hetero) is 1. The van der Waals surface area contributed by atoms with Crippen molar-refractivity contribution >= 4 is 11.7 Å². The van der Waals surface area contributed by atoms with Gasteiger partial charge in [-0.15, -0.1) is 0 Å². The Morgan fingerprint density at radius 2 is 1.67 bits per heavy atom. The van der Waals surface area contributed by atoms with Crippen LogP contribution in [0.4, 0.5) is 0 Å². The lowest BCUT2D eigenvalue weighted by Crippen LogP contribution is -2.44. The first kappa shape index (κ1) is 20.4. The van der Waals surface area contributed by atoms with Crippen molar-refractivity contribution in [2.45, 2.75) is 38.3 Å². The van der Waals surface area contributed by atoms with Gasteiger partial charge in [-0.1, -0.05) is 30.3 Å². The van der Waals surface area contributed by atoms with Gasteiger partial charge in [0, 0.05) is 44.1 Å². The van der Waals surface area contributed by atoms with Gasteiger partial charge in [-0.3, -0.25) is 14.5 Å². The van der Waals surface area contributed by atoms with E-state index >= 15 is 0 Å². The molecule has 1 amide bonds. The van der Waals surface area contributed by atoms with Crippen molar-refractivity contribution in [3.8, 4) is 11.5 Å². The van der Waals surface area contributed by atoms with Crippen molar-refractivity contribution in [1.29, 1.82) is 0 Å². The fourth-order valence-corrected chi connectivity index (χ4v) is 3.97. The number of hydrogen-bond donors (Lipinski definition) is 1. The van der Waals surface area contributed by atoms with Gasteiger partial charge < -0.3 is 14.8 Å². The predicted octanol–water partition coefficient (Wildman–Crippen LogP) is 3.20. The number of carbonyl (C=O) groups excluding carboxylic acids is 2. The molecule has 2 aliphatic heterocycles. The lowest BCUT2D eigenvalue weighted by atomic mass is 10.0. The van der Waals surface area contributed by atoms with Crippen molar-refractivity contribution < 1.29 is 19.1 Å². The van der Waals surface area contributed by atoms with Gasteiger partial charge in [-0.25, -0.2) is 0 Å². The van der Waals surface area contributed by atoms with E-state index < -0.39 is 0 Å². The van der Waals surface area contributed by atoms with E-state index in [0.717, 1.165) is 32.5 Å². The molecule has 0 aliphatic carbocycles. The van der Waals surface area contributed by atoms with Crippen molar-refractivity contribution in [1.82, 2.24) is 10.2 Å². The molecule has 1 saturated heterocycles. The number of rotatable bonds is 7. The van der Waals surface area contributed by atoms with Gasteiger partial charge in [0.15, 0.2) is 17.3 Å². The fourth-order valence-electron chi connectivity index (χ4n) is 3.97. The molecule has 2 aromatic carbocycles. The SMILES string of the molecule is O=C(CCC(=O)c1ccc2c(c1)OCCO2)NC1CCN(Cc2ccccc2)CC1. The number of likely N-dealkylation sites (tertiary alicyclic amines) is 1. The number of hydrogen-bond acceptors (Lipinski definition) is 5. The molecule has 2 heterocycles. The van der Waals surface area contributed by atoms with Crippen LogP contribution >= 0.6 is 0 Å². The minimum absolute atomic E-state index is 0.0533. The third-order valence-electron chi connectivity index (χ3n) is 5.64. The number of fused-ring (bicyclic) bond motifs is 1. The summed E-state index contributed by atoms with van der Waals surface area (Å²) in [4.78, 5) is 27.2. The van der Waals surface area contributed by atoms with E-state index in [1.54, 1.807) is 18.2 Å². The summed E-state index contributed by atoms with van der Waals surface area (Å²) in [5.74, 6) is 1.15. The largest absolute Gasteiger partial charge is 0.486 e. The maximum atomic E-state index is 12.5. The van der Waals surface area contributed by atoms with Gasteiger partial charge in [-0.05, 0) is 36.6 Å². The summed E-state index contributed by atoms with van der Waals surface area (Å²) in [6, 6.07) is 15.8. The van der Waals surface area contributed by atoms with Gasteiger partial charge in [-0.2, -0.15) is 0 Å². The van der Waals surface area contributed by atoms with E-state index in [-0.39, 0.29) is 30.6 Å². The van der Waals surface area contributed by atoms with Crippen molar-refractivity contribution in [2.75, 3.05) is 26.3 Å². The second-order valence-electron chi connectivity index (χ2n) is 7.89. The van der Waals surface area contributed by atoms with E-state index in [1.165, 1.54) is 5.56 Å². The van der Waals surface area contributed by atoms with Crippen molar-refractivity contribution in [3.63, 3.8) is 0 Å². The quantitative estimate of drug-likeness (QED) is 0.713. The van der Waals surface area contributed by atoms with Gasteiger partial charge in [0.1, 0.15) is 13.2 Å². The molecule has 0 atom stereocenters. The Kier molecular flexibility index (Phi) is 6.64. The zero-order chi connectivity index (χ0) is 20.8. The van der Waals surface area contributed by atoms with Crippen LogP contribution in [0.3, 0.4) is 0 Å². The Morgan fingerprint density at radius 3 is 2.43 bits per heavy atom. The Morgan fingerprint density at radius 1 is 0.933 bits per heavy atom. The number of ketones is 1. The van der Waals surface area contributed by atoms with Gasteiger partial charge in [0.25, 0.3) is 0 Å². The number of nitrogens with one attached hydrogen (secondary N) is 1. The summed E-state index contributed by atoms with van der Waals surface area (Å²) in [5, 5.41) is 3.10. The molecule has 4 rings (SSSR count). The molecule has 0 spiro atoms. The number of carbonyl (C=O) groups is 2. The molecule has 158 valence electrons. The van der Waals surface area contributed by atoms with Crippen LogP contribution in [0, 0.1) is 0 Å². The Balaban J connectivity index is 1.18. The van der Waals surface area contributed by atoms with E-state index in [9.17, 15) is 9.59 Å². The molecule has 1 fully saturated rings. The summed E-state index contributed by atoms with van der Waals surface area (Å²) in [7, 11) is 0. The van der Waals surface area contributed by atoms with Gasteiger partial charge >= 0.3 is 0 Å². The lowest BCUT2D eigenvalue weighted by Gasteiger charge is -2.32. The summed E-state index contributed by atoms with van der Waals surface area (Å²) >= 11 is 0. The molecular weight excluding hydrogens is 380 g/mol. The highest BCUT2D eigenvalue weighted by Crippen LogP contribution is 2.31. The smallest absolute Gasteiger partial charge is 0.220 e. The van der Waals surface area contributed by atoms with Crippen LogP contribution in [0.1, 0.15) is 41.6 Å². The summed E-state index contributed by atoms with van der Waals surface area (Å²) in [5.41, 5.74) is 1.87. The zero-order valence-corrected chi connectivity index (χ0v) is 17.1. The lowest BCUT2D eigenvalue weighted by molar-refractivity contribution is -0.122. The number of nitrogens with zero attached hydrogens (tertiary/aromatic N) is 1. The average molecular weight is 408 g/mol. The Labute approximate surface area is 177 Å². The molecule has 0 bridgehead atoms. The molecular formula is C24H28N2O4. The number of piperidine rings is 1. The van der Waals surface area contributed by atoms with Gasteiger partial charge in [0.05, 0.1) is 0 Å². The maximum Gasteiger partial charge on any atom is 0.220 e. The highest BCUT2D eigenvalue weighted by Gasteiger charge is 2.21. The summed E-state index contributed by atoms with van der Waals surface area (Å²) in [6.45, 7) is 3.89. The van der Waals surface area contributed by atoms with Crippen LogP contribution in [0.5, 0.6) is 11.5 Å². The van der Waals surface area contributed by atoms with E-state index in [4.69, 9.17) is 9.47 Å². The fraction of sp³-hybridized carbons (Fsp3) is 0.417. The maximum absolute atomic E-state index is 12.5. The third-order valence-corrected chi connectivity index (χ3v) is 5.64. The van der Waals surface area contributed by atoms with Crippen LogP contribution in [-0.2, 0) is 11.3 Å². The van der Waals surface area contributed by atoms with Crippen LogP contribution in [0.15, 0.2) is 48.5 Å². The van der Waals surface area contributed by atoms with E-state index in [0.29, 0.717) is 30.3 Å². The molecule has 0 radical (unpaired) electrons. The standard InChI is InChI=1S/C24H28N2O4/c27-21(19-6-8-22-23(16-19)30-15-14-29-22)7-9-24(28)25-20-10-12-26(13-11-20)17-18-4-2-1-3-5-18/h1-6,8,16,20H,7,9-15,17H2,(H,25,28). The second-order valence-corrected chi connectivity index (χ2v) is 7.89. The third kappa shape index (κ3) is 5.39. The average Bonchev–Trinajstić information content (AvgIpc) is 2.79. The van der Waals surface area contributed by atoms with Crippen LogP contribution in [0.25, 0.3) is 0 Å². The summed E-state index contributed by atoms with van der Waals surface area (Å²) < 4.78 is 11.0. The number of ether oxygens (including phenoxy) is 2. The highest BCUT2D eigenvalue weighted by atomic mass is 16.6. The highest BCUT2D eigenvalue weighted by molar-refractivity contribution is 5.98. The first-order chi connectivity index (χ1) is 14.7. The molecule has 1 N–H and O–H groups in total. The van der Waals surface area contributed by atoms with E-state index in [1.807, 2.05) is 6.07 Å². The zero-order valence-electron chi connectivity index (χ0n) is 17.1. The van der Waals surface area contributed by atoms with Crippen LogP contribution in [0.2, 0.25) is 0 Å². The normalized spacial score (nSPS) is 16.8. The van der Waals surface area contributed by atoms with Crippen LogP contribution < -0.4 is 14.8 Å². The van der Waals surface area contributed by atoms with Crippen molar-refractivity contribution in [3.05, 3.63) is 59.7 Å². The van der Waals surface area contributed by atoms with E-state index in [2.05, 4.69) is 34.5 Å². The minimum atomic E-state index is -0.0557. The number of benzene rings is 2. The first-order valence-electron chi connectivity index (χ1n) is 10.7. The predicted molar refractivity (Wildman–Crippen MR) is 114 cm³/mol. The molecule has 2 aromatic rings. The topological polar surface area (TPSA) is 67.9 Å². The second kappa shape index (κ2) is 9.76. The number of amides is 1. The van der Waals surface area contributed by atoms with Crippen molar-refractivity contribution in [2.24, 2.45) is 0 Å². The minimum Gasteiger partial charge on any atom is -0.486 e. The monoisotopic (exact) mass is 408 g/mol. The molecule has 6 heteroatoms. The molecule has 6 nitrogen and oxygen atoms in total. The summed E-state index contributed by atoms with van der Waals surface area (Å²) in [6.07, 6.45) is 2.28. The molecule has 30 heavy (non-hydrogen) atoms. The molecule has 0 aromatic heterocycles. The Bertz CT molecular complexity index is 876. The first-order valence-corrected chi connectivity index (χ1v) is 10.7. The Hall–Kier alpha value is -2.86. The van der Waals surface area contributed by atoms with Gasteiger partial charge in [0.2, 0.25) is 5.91 Å². The molecule has 2 aliphatic rings.